The van der Waals surface area contributed by atoms with Crippen LogP contribution in [0, 0.1) is 0 Å². The van der Waals surface area contributed by atoms with Crippen molar-refractivity contribution >= 4 is 6.41 Å². The molecule has 0 fully saturated rings. The third kappa shape index (κ3) is 5.54. The number of amides is 1. The summed E-state index contributed by atoms with van der Waals surface area (Å²) in [5, 5.41) is 1.38. The summed E-state index contributed by atoms with van der Waals surface area (Å²) in [4.78, 5) is 18.2. The minimum Gasteiger partial charge on any atom is -0.304 e. The summed E-state index contributed by atoms with van der Waals surface area (Å²) in [6, 6.07) is 0.104. The lowest BCUT2D eigenvalue weighted by molar-refractivity contribution is -0.183. The molecule has 0 saturated heterocycles. The maximum atomic E-state index is 10.8. The lowest BCUT2D eigenvalue weighted by Gasteiger charge is -2.29. The highest BCUT2D eigenvalue weighted by Crippen LogP contribution is 2.04. The van der Waals surface area contributed by atoms with Crippen molar-refractivity contribution in [2.75, 3.05) is 26.7 Å². The Kier molecular flexibility index (Phi) is 7.95. The molecule has 0 aromatic heterocycles. The fourth-order valence-electron chi connectivity index (χ4n) is 1.24. The van der Waals surface area contributed by atoms with Gasteiger partial charge in [0.25, 0.3) is 0 Å². The van der Waals surface area contributed by atoms with E-state index in [2.05, 4.69) is 18.4 Å². The van der Waals surface area contributed by atoms with Gasteiger partial charge in [-0.15, -0.1) is 6.58 Å². The zero-order chi connectivity index (χ0) is 11.7. The van der Waals surface area contributed by atoms with Gasteiger partial charge in [0.2, 0.25) is 6.41 Å². The fraction of sp³-hybridized carbons (Fsp3) is 0.727. The average Bonchev–Trinajstić information content (AvgIpc) is 2.27. The number of likely N-dealkylation sites (N-methyl/N-ethyl adjacent to an activating group) is 1. The van der Waals surface area contributed by atoms with Crippen LogP contribution in [-0.4, -0.2) is 49.2 Å². The first-order valence-electron chi connectivity index (χ1n) is 5.35. The van der Waals surface area contributed by atoms with Crippen molar-refractivity contribution in [2.45, 2.75) is 26.3 Å². The smallest absolute Gasteiger partial charge is 0.233 e. The number of carbonyl (C=O) groups excluding carboxylic acids is 1. The van der Waals surface area contributed by atoms with E-state index < -0.39 is 0 Å². The molecule has 4 heteroatoms. The summed E-state index contributed by atoms with van der Waals surface area (Å²) in [6.45, 7) is 9.83. The number of hydrogen-bond acceptors (Lipinski definition) is 3. The quantitative estimate of drug-likeness (QED) is 0.329. The maximum Gasteiger partial charge on any atom is 0.233 e. The molecule has 0 unspecified atom stereocenters. The minimum absolute atomic E-state index is 0.104. The van der Waals surface area contributed by atoms with Gasteiger partial charge in [-0.3, -0.25) is 9.63 Å². The first-order valence-corrected chi connectivity index (χ1v) is 5.35. The molecule has 4 nitrogen and oxygen atoms in total. The second-order valence-corrected chi connectivity index (χ2v) is 3.47. The largest absolute Gasteiger partial charge is 0.304 e. The second kappa shape index (κ2) is 8.44. The van der Waals surface area contributed by atoms with E-state index in [9.17, 15) is 4.79 Å². The summed E-state index contributed by atoms with van der Waals surface area (Å²) in [7, 11) is 2.03. The molecule has 0 spiro atoms. The minimum atomic E-state index is 0.104. The van der Waals surface area contributed by atoms with Crippen LogP contribution in [0.1, 0.15) is 20.3 Å². The van der Waals surface area contributed by atoms with Crippen molar-refractivity contribution in [3.05, 3.63) is 12.7 Å². The van der Waals surface area contributed by atoms with Crippen LogP contribution in [0.15, 0.2) is 12.7 Å². The van der Waals surface area contributed by atoms with Crippen LogP contribution in [0.25, 0.3) is 0 Å². The highest BCUT2D eigenvalue weighted by molar-refractivity contribution is 5.45. The third-order valence-corrected chi connectivity index (χ3v) is 2.34. The molecule has 0 bridgehead atoms. The standard InChI is InChI=1S/C11H22N2O2/c1-5-8-15-13(10-14)11(6-2)9-12(4)7-3/h5,10-11H,1,6-9H2,2-4H3/t11-/m1/s1. The Morgan fingerprint density at radius 1 is 1.47 bits per heavy atom. The molecule has 0 N–H and O–H groups in total. The first-order chi connectivity index (χ1) is 7.19. The zero-order valence-corrected chi connectivity index (χ0v) is 9.98. The Bertz CT molecular complexity index is 185. The summed E-state index contributed by atoms with van der Waals surface area (Å²) in [6.07, 6.45) is 3.24. The second-order valence-electron chi connectivity index (χ2n) is 3.47. The molecule has 0 aromatic rings. The summed E-state index contributed by atoms with van der Waals surface area (Å²) < 4.78 is 0. The average molecular weight is 214 g/mol. The number of carbonyl (C=O) groups is 1. The molecule has 15 heavy (non-hydrogen) atoms. The lowest BCUT2D eigenvalue weighted by Crippen LogP contribution is -2.42. The molecule has 88 valence electrons. The van der Waals surface area contributed by atoms with Crippen molar-refractivity contribution in [3.8, 4) is 0 Å². The van der Waals surface area contributed by atoms with Gasteiger partial charge in [-0.1, -0.05) is 19.9 Å². The predicted molar refractivity (Wildman–Crippen MR) is 61.3 cm³/mol. The molecule has 0 heterocycles. The van der Waals surface area contributed by atoms with E-state index in [0.717, 1.165) is 25.9 Å². The van der Waals surface area contributed by atoms with Gasteiger partial charge >= 0.3 is 0 Å². The van der Waals surface area contributed by atoms with E-state index in [1.165, 1.54) is 5.06 Å². The van der Waals surface area contributed by atoms with Crippen molar-refractivity contribution in [1.29, 1.82) is 0 Å². The third-order valence-electron chi connectivity index (χ3n) is 2.34. The van der Waals surface area contributed by atoms with Crippen molar-refractivity contribution in [3.63, 3.8) is 0 Å². The first kappa shape index (κ1) is 14.1. The van der Waals surface area contributed by atoms with Gasteiger partial charge in [0, 0.05) is 6.54 Å². The van der Waals surface area contributed by atoms with E-state index in [1.54, 1.807) is 6.08 Å². The molecule has 0 aromatic carbocycles. The Morgan fingerprint density at radius 2 is 2.13 bits per heavy atom. The SMILES string of the molecule is C=CCON(C=O)[C@H](CC)CN(C)CC. The monoisotopic (exact) mass is 214 g/mol. The Balaban J connectivity index is 4.19. The van der Waals surface area contributed by atoms with Gasteiger partial charge < -0.3 is 4.90 Å². The molecule has 0 rings (SSSR count). The zero-order valence-electron chi connectivity index (χ0n) is 9.98. The van der Waals surface area contributed by atoms with Gasteiger partial charge in [0.15, 0.2) is 0 Å². The Hall–Kier alpha value is -0.870. The lowest BCUT2D eigenvalue weighted by atomic mass is 10.2. The fourth-order valence-corrected chi connectivity index (χ4v) is 1.24. The molecule has 0 radical (unpaired) electrons. The number of hydrogen-bond donors (Lipinski definition) is 0. The molecule has 0 aliphatic rings. The van der Waals surface area contributed by atoms with Crippen LogP contribution in [0.3, 0.4) is 0 Å². The summed E-state index contributed by atoms with van der Waals surface area (Å²) >= 11 is 0. The summed E-state index contributed by atoms with van der Waals surface area (Å²) in [5.74, 6) is 0. The highest BCUT2D eigenvalue weighted by Gasteiger charge is 2.16. The van der Waals surface area contributed by atoms with Crippen LogP contribution in [0.4, 0.5) is 0 Å². The Morgan fingerprint density at radius 3 is 2.53 bits per heavy atom. The topological polar surface area (TPSA) is 32.8 Å². The molecular weight excluding hydrogens is 192 g/mol. The van der Waals surface area contributed by atoms with Crippen LogP contribution in [0.5, 0.6) is 0 Å². The summed E-state index contributed by atoms with van der Waals surface area (Å²) in [5.41, 5.74) is 0. The normalized spacial score (nSPS) is 12.5. The molecular formula is C11H22N2O2. The molecule has 0 aliphatic heterocycles. The number of nitrogens with zero attached hydrogens (tertiary/aromatic N) is 2. The van der Waals surface area contributed by atoms with E-state index in [0.29, 0.717) is 6.61 Å². The van der Waals surface area contributed by atoms with Gasteiger partial charge in [-0.25, -0.2) is 5.06 Å². The number of rotatable bonds is 9. The van der Waals surface area contributed by atoms with Crippen LogP contribution in [-0.2, 0) is 9.63 Å². The molecule has 1 atom stereocenters. The van der Waals surface area contributed by atoms with Crippen LogP contribution in [0.2, 0.25) is 0 Å². The van der Waals surface area contributed by atoms with Gasteiger partial charge in [0.1, 0.15) is 0 Å². The number of hydroxylamine groups is 2. The Labute approximate surface area is 92.4 Å². The van der Waals surface area contributed by atoms with E-state index >= 15 is 0 Å². The molecule has 0 aliphatic carbocycles. The van der Waals surface area contributed by atoms with Gasteiger partial charge in [0.05, 0.1) is 12.6 Å². The maximum absolute atomic E-state index is 10.8. The van der Waals surface area contributed by atoms with Crippen LogP contribution >= 0.6 is 0 Å². The van der Waals surface area contributed by atoms with Gasteiger partial charge in [-0.05, 0) is 20.0 Å². The molecule has 0 saturated carbocycles. The van der Waals surface area contributed by atoms with Gasteiger partial charge in [-0.2, -0.15) is 0 Å². The van der Waals surface area contributed by atoms with Crippen LogP contribution < -0.4 is 0 Å². The van der Waals surface area contributed by atoms with E-state index in [-0.39, 0.29) is 6.04 Å². The van der Waals surface area contributed by atoms with E-state index in [1.807, 2.05) is 14.0 Å². The highest BCUT2D eigenvalue weighted by atomic mass is 16.7. The van der Waals surface area contributed by atoms with Crippen molar-refractivity contribution in [2.24, 2.45) is 0 Å². The molecule has 1 amide bonds. The van der Waals surface area contributed by atoms with Crippen molar-refractivity contribution < 1.29 is 9.63 Å². The van der Waals surface area contributed by atoms with Crippen molar-refractivity contribution in [1.82, 2.24) is 9.96 Å². The van der Waals surface area contributed by atoms with E-state index in [4.69, 9.17) is 4.84 Å². The predicted octanol–water partition coefficient (Wildman–Crippen LogP) is 1.29.